The number of carbonyl (C=O) groups excluding carboxylic acids is 1. The van der Waals surface area contributed by atoms with Crippen LogP contribution in [0.4, 0.5) is 14.5 Å². The normalized spacial score (nSPS) is 10.6. The van der Waals surface area contributed by atoms with Crippen molar-refractivity contribution in [2.24, 2.45) is 0 Å². The third-order valence-corrected chi connectivity index (χ3v) is 3.43. The number of hydrogen-bond donors (Lipinski definition) is 1. The highest BCUT2D eigenvalue weighted by Gasteiger charge is 2.07. The predicted molar refractivity (Wildman–Crippen MR) is 86.5 cm³/mol. The summed E-state index contributed by atoms with van der Waals surface area (Å²) in [6.07, 6.45) is 3.35. The number of benzene rings is 2. The fraction of sp³-hybridized carbons (Fsp3) is 0.111. The molecule has 2 aromatic carbocycles. The Kier molecular flexibility index (Phi) is 4.65. The minimum atomic E-state index is -0.335. The molecule has 1 N–H and O–H groups in total. The van der Waals surface area contributed by atoms with Gasteiger partial charge in [-0.05, 0) is 35.4 Å². The van der Waals surface area contributed by atoms with Crippen molar-refractivity contribution in [1.82, 2.24) is 9.78 Å². The molecule has 0 radical (unpaired) electrons. The Labute approximate surface area is 137 Å². The van der Waals surface area contributed by atoms with E-state index in [1.54, 1.807) is 35.1 Å². The fourth-order valence-electron chi connectivity index (χ4n) is 2.33. The van der Waals surface area contributed by atoms with E-state index in [4.69, 9.17) is 0 Å². The molecule has 0 aliphatic rings. The molecule has 0 aliphatic carbocycles. The lowest BCUT2D eigenvalue weighted by molar-refractivity contribution is -0.115. The lowest BCUT2D eigenvalue weighted by Crippen LogP contribution is -2.14. The summed E-state index contributed by atoms with van der Waals surface area (Å²) in [5.41, 5.74) is 2.06. The van der Waals surface area contributed by atoms with Crippen LogP contribution in [0.15, 0.2) is 60.9 Å². The van der Waals surface area contributed by atoms with Gasteiger partial charge in [-0.3, -0.25) is 9.48 Å². The van der Waals surface area contributed by atoms with Crippen LogP contribution in [0.25, 0.3) is 0 Å². The van der Waals surface area contributed by atoms with Gasteiger partial charge in [0.05, 0.1) is 24.8 Å². The minimum absolute atomic E-state index is 0.148. The topological polar surface area (TPSA) is 46.9 Å². The van der Waals surface area contributed by atoms with E-state index in [0.717, 1.165) is 11.1 Å². The molecule has 1 heterocycles. The van der Waals surface area contributed by atoms with Gasteiger partial charge in [0.15, 0.2) is 0 Å². The van der Waals surface area contributed by atoms with E-state index < -0.39 is 0 Å². The zero-order chi connectivity index (χ0) is 16.9. The van der Waals surface area contributed by atoms with E-state index in [1.165, 1.54) is 30.5 Å². The first-order valence-electron chi connectivity index (χ1n) is 7.40. The summed E-state index contributed by atoms with van der Waals surface area (Å²) in [6, 6.07) is 12.0. The van der Waals surface area contributed by atoms with Crippen LogP contribution in [0.1, 0.15) is 11.1 Å². The fourth-order valence-corrected chi connectivity index (χ4v) is 2.33. The van der Waals surface area contributed by atoms with Gasteiger partial charge in [-0.2, -0.15) is 5.10 Å². The summed E-state index contributed by atoms with van der Waals surface area (Å²) in [5, 5.41) is 6.88. The molecule has 1 amide bonds. The molecule has 0 fully saturated rings. The summed E-state index contributed by atoms with van der Waals surface area (Å²) < 4.78 is 27.6. The summed E-state index contributed by atoms with van der Waals surface area (Å²) in [4.78, 5) is 12.0. The van der Waals surface area contributed by atoms with E-state index in [2.05, 4.69) is 10.4 Å². The van der Waals surface area contributed by atoms with E-state index in [9.17, 15) is 13.6 Å². The summed E-state index contributed by atoms with van der Waals surface area (Å²) >= 11 is 0. The maximum absolute atomic E-state index is 13.2. The van der Waals surface area contributed by atoms with Crippen molar-refractivity contribution in [3.8, 4) is 0 Å². The van der Waals surface area contributed by atoms with Crippen molar-refractivity contribution in [1.29, 1.82) is 0 Å². The molecule has 0 atom stereocenters. The molecule has 3 aromatic rings. The second-order valence-corrected chi connectivity index (χ2v) is 5.41. The maximum Gasteiger partial charge on any atom is 0.228 e. The Hall–Kier alpha value is -3.02. The van der Waals surface area contributed by atoms with Crippen LogP contribution in [0.3, 0.4) is 0 Å². The number of carbonyl (C=O) groups is 1. The Morgan fingerprint density at radius 1 is 1.04 bits per heavy atom. The molecule has 24 heavy (non-hydrogen) atoms. The SMILES string of the molecule is O=C(Cc1ccc(F)cc1)Nc1cnn(Cc2cccc(F)c2)c1. The molecular weight excluding hydrogens is 312 g/mol. The lowest BCUT2D eigenvalue weighted by atomic mass is 10.1. The molecule has 3 rings (SSSR count). The smallest absolute Gasteiger partial charge is 0.228 e. The van der Waals surface area contributed by atoms with Crippen LogP contribution in [0.5, 0.6) is 0 Å². The first-order valence-corrected chi connectivity index (χ1v) is 7.40. The van der Waals surface area contributed by atoms with Gasteiger partial charge in [-0.25, -0.2) is 8.78 Å². The monoisotopic (exact) mass is 327 g/mol. The van der Waals surface area contributed by atoms with Crippen LogP contribution in [-0.4, -0.2) is 15.7 Å². The number of halogens is 2. The zero-order valence-corrected chi connectivity index (χ0v) is 12.7. The lowest BCUT2D eigenvalue weighted by Gasteiger charge is -2.03. The number of nitrogens with zero attached hydrogens (tertiary/aromatic N) is 2. The van der Waals surface area contributed by atoms with Gasteiger partial charge in [0, 0.05) is 6.20 Å². The average molecular weight is 327 g/mol. The number of aromatic nitrogens is 2. The Balaban J connectivity index is 1.59. The van der Waals surface area contributed by atoms with Crippen LogP contribution in [-0.2, 0) is 17.8 Å². The van der Waals surface area contributed by atoms with Gasteiger partial charge in [-0.15, -0.1) is 0 Å². The van der Waals surface area contributed by atoms with Gasteiger partial charge in [0.1, 0.15) is 11.6 Å². The zero-order valence-electron chi connectivity index (χ0n) is 12.7. The Morgan fingerprint density at radius 3 is 2.58 bits per heavy atom. The van der Waals surface area contributed by atoms with E-state index in [1.807, 2.05) is 0 Å². The highest BCUT2D eigenvalue weighted by molar-refractivity contribution is 5.91. The predicted octanol–water partition coefficient (Wildman–Crippen LogP) is 3.39. The standard InChI is InChI=1S/C18H15F2N3O/c19-15-6-4-13(5-7-15)9-18(24)22-17-10-21-23(12-17)11-14-2-1-3-16(20)8-14/h1-8,10,12H,9,11H2,(H,22,24). The largest absolute Gasteiger partial charge is 0.323 e. The highest BCUT2D eigenvalue weighted by Crippen LogP contribution is 2.10. The first kappa shape index (κ1) is 15.9. The molecule has 1 aromatic heterocycles. The second-order valence-electron chi connectivity index (χ2n) is 5.41. The number of hydrogen-bond acceptors (Lipinski definition) is 2. The summed E-state index contributed by atoms with van der Waals surface area (Å²) in [6.45, 7) is 0.408. The van der Waals surface area contributed by atoms with Crippen LogP contribution in [0, 0.1) is 11.6 Å². The van der Waals surface area contributed by atoms with Crippen LogP contribution >= 0.6 is 0 Å². The summed E-state index contributed by atoms with van der Waals surface area (Å²) in [5.74, 6) is -0.850. The molecule has 0 spiro atoms. The van der Waals surface area contributed by atoms with E-state index >= 15 is 0 Å². The first-order chi connectivity index (χ1) is 11.6. The van der Waals surface area contributed by atoms with Crippen molar-refractivity contribution < 1.29 is 13.6 Å². The minimum Gasteiger partial charge on any atom is -0.323 e. The van der Waals surface area contributed by atoms with Crippen LogP contribution in [0.2, 0.25) is 0 Å². The third kappa shape index (κ3) is 4.25. The molecule has 0 unspecified atom stereocenters. The number of amides is 1. The quantitative estimate of drug-likeness (QED) is 0.781. The third-order valence-electron chi connectivity index (χ3n) is 3.43. The number of nitrogens with one attached hydrogen (secondary N) is 1. The molecule has 4 nitrogen and oxygen atoms in total. The van der Waals surface area contributed by atoms with Gasteiger partial charge >= 0.3 is 0 Å². The summed E-state index contributed by atoms with van der Waals surface area (Å²) in [7, 11) is 0. The number of anilines is 1. The average Bonchev–Trinajstić information content (AvgIpc) is 2.96. The Bertz CT molecular complexity index is 843. The molecular formula is C18H15F2N3O. The second kappa shape index (κ2) is 7.04. The van der Waals surface area contributed by atoms with Gasteiger partial charge < -0.3 is 5.32 Å². The number of rotatable bonds is 5. The van der Waals surface area contributed by atoms with Crippen molar-refractivity contribution in [3.63, 3.8) is 0 Å². The van der Waals surface area contributed by atoms with Gasteiger partial charge in [0.25, 0.3) is 0 Å². The van der Waals surface area contributed by atoms with Crippen molar-refractivity contribution in [3.05, 3.63) is 83.7 Å². The molecule has 122 valence electrons. The Morgan fingerprint density at radius 2 is 1.83 bits per heavy atom. The van der Waals surface area contributed by atoms with Crippen molar-refractivity contribution in [2.45, 2.75) is 13.0 Å². The van der Waals surface area contributed by atoms with Gasteiger partial charge in [-0.1, -0.05) is 24.3 Å². The molecule has 0 aliphatic heterocycles. The van der Waals surface area contributed by atoms with Crippen molar-refractivity contribution in [2.75, 3.05) is 5.32 Å². The maximum atomic E-state index is 13.2. The van der Waals surface area contributed by atoms with E-state index in [0.29, 0.717) is 12.2 Å². The van der Waals surface area contributed by atoms with Gasteiger partial charge in [0.2, 0.25) is 5.91 Å². The van der Waals surface area contributed by atoms with Crippen molar-refractivity contribution >= 4 is 11.6 Å². The molecule has 0 saturated carbocycles. The molecule has 6 heteroatoms. The molecule has 0 saturated heterocycles. The van der Waals surface area contributed by atoms with E-state index in [-0.39, 0.29) is 24.0 Å². The highest BCUT2D eigenvalue weighted by atomic mass is 19.1. The molecule has 0 bridgehead atoms. The van der Waals surface area contributed by atoms with Crippen LogP contribution < -0.4 is 5.32 Å².